The van der Waals surface area contributed by atoms with Crippen molar-refractivity contribution in [2.24, 2.45) is 0 Å². The topological polar surface area (TPSA) is 51.2 Å². The van der Waals surface area contributed by atoms with Crippen molar-refractivity contribution in [3.8, 4) is 11.3 Å². The second kappa shape index (κ2) is 5.95. The molecule has 0 saturated carbocycles. The molecule has 2 heterocycles. The molecule has 1 atom stereocenters. The number of thiazole rings is 1. The van der Waals surface area contributed by atoms with Gasteiger partial charge in [-0.15, -0.1) is 11.3 Å². The Morgan fingerprint density at radius 2 is 2.29 bits per heavy atom. The van der Waals surface area contributed by atoms with Crippen LogP contribution in [0.15, 0.2) is 23.6 Å². The second-order valence-electron chi connectivity index (χ2n) is 5.35. The van der Waals surface area contributed by atoms with Crippen molar-refractivity contribution < 1.29 is 9.53 Å². The average Bonchev–Trinajstić information content (AvgIpc) is 3.12. The molecule has 0 radical (unpaired) electrons. The van der Waals surface area contributed by atoms with E-state index < -0.39 is 0 Å². The van der Waals surface area contributed by atoms with Crippen LogP contribution in [0.4, 0.5) is 5.13 Å². The van der Waals surface area contributed by atoms with Crippen molar-refractivity contribution in [3.05, 3.63) is 34.7 Å². The van der Waals surface area contributed by atoms with Gasteiger partial charge in [-0.2, -0.15) is 0 Å². The molecule has 1 aliphatic heterocycles. The van der Waals surface area contributed by atoms with Crippen molar-refractivity contribution in [2.45, 2.75) is 32.8 Å². The van der Waals surface area contributed by atoms with Crippen molar-refractivity contribution in [2.75, 3.05) is 11.9 Å². The Bertz CT molecular complexity index is 660. The number of hydrogen-bond acceptors (Lipinski definition) is 4. The van der Waals surface area contributed by atoms with Gasteiger partial charge in [-0.25, -0.2) is 4.98 Å². The maximum absolute atomic E-state index is 12.0. The number of aromatic nitrogens is 1. The molecule has 0 unspecified atom stereocenters. The van der Waals surface area contributed by atoms with Crippen LogP contribution in [-0.4, -0.2) is 23.6 Å². The molecule has 1 saturated heterocycles. The van der Waals surface area contributed by atoms with E-state index in [1.54, 1.807) is 0 Å². The lowest BCUT2D eigenvalue weighted by Gasteiger charge is -2.07. The highest BCUT2D eigenvalue weighted by Crippen LogP contribution is 2.28. The van der Waals surface area contributed by atoms with E-state index in [9.17, 15) is 4.79 Å². The van der Waals surface area contributed by atoms with E-state index >= 15 is 0 Å². The SMILES string of the molecule is Cc1ccc(C)c(-c2csc(NC(=O)[C@H]3CCCO3)n2)c1. The molecule has 21 heavy (non-hydrogen) atoms. The monoisotopic (exact) mass is 302 g/mol. The summed E-state index contributed by atoms with van der Waals surface area (Å²) in [6.45, 7) is 4.80. The molecule has 1 N–H and O–H groups in total. The highest BCUT2D eigenvalue weighted by Gasteiger charge is 2.24. The third-order valence-electron chi connectivity index (χ3n) is 3.63. The van der Waals surface area contributed by atoms with Crippen LogP contribution in [0.5, 0.6) is 0 Å². The number of carbonyl (C=O) groups excluding carboxylic acids is 1. The number of nitrogens with one attached hydrogen (secondary N) is 1. The molecule has 3 rings (SSSR count). The molecule has 0 spiro atoms. The van der Waals surface area contributed by atoms with Gasteiger partial charge in [0.05, 0.1) is 5.69 Å². The van der Waals surface area contributed by atoms with Gasteiger partial charge >= 0.3 is 0 Å². The van der Waals surface area contributed by atoms with Crippen LogP contribution in [-0.2, 0) is 9.53 Å². The fraction of sp³-hybridized carbons (Fsp3) is 0.375. The summed E-state index contributed by atoms with van der Waals surface area (Å²) in [6, 6.07) is 6.30. The summed E-state index contributed by atoms with van der Waals surface area (Å²) in [7, 11) is 0. The van der Waals surface area contributed by atoms with Crippen LogP contribution >= 0.6 is 11.3 Å². The van der Waals surface area contributed by atoms with Gasteiger partial charge in [0, 0.05) is 17.6 Å². The number of carbonyl (C=O) groups is 1. The quantitative estimate of drug-likeness (QED) is 0.943. The molecular weight excluding hydrogens is 284 g/mol. The molecule has 1 amide bonds. The third kappa shape index (κ3) is 3.14. The first kappa shape index (κ1) is 14.2. The van der Waals surface area contributed by atoms with Crippen LogP contribution in [0.3, 0.4) is 0 Å². The Kier molecular flexibility index (Phi) is 4.03. The predicted octanol–water partition coefficient (Wildman–Crippen LogP) is 3.54. The highest BCUT2D eigenvalue weighted by molar-refractivity contribution is 7.14. The smallest absolute Gasteiger partial charge is 0.255 e. The summed E-state index contributed by atoms with van der Waals surface area (Å²) in [5.74, 6) is -0.0886. The van der Waals surface area contributed by atoms with Crippen molar-refractivity contribution in [3.63, 3.8) is 0 Å². The molecule has 1 fully saturated rings. The maximum Gasteiger partial charge on any atom is 0.255 e. The van der Waals surface area contributed by atoms with Crippen LogP contribution in [0.25, 0.3) is 11.3 Å². The number of hydrogen-bond donors (Lipinski definition) is 1. The number of nitrogens with zero attached hydrogens (tertiary/aromatic N) is 1. The number of benzene rings is 1. The second-order valence-corrected chi connectivity index (χ2v) is 6.21. The van der Waals surface area contributed by atoms with E-state index in [2.05, 4.69) is 42.3 Å². The highest BCUT2D eigenvalue weighted by atomic mass is 32.1. The van der Waals surface area contributed by atoms with Crippen LogP contribution in [0, 0.1) is 13.8 Å². The van der Waals surface area contributed by atoms with Gasteiger partial charge in [0.1, 0.15) is 6.10 Å². The molecule has 0 aliphatic carbocycles. The summed E-state index contributed by atoms with van der Waals surface area (Å²) in [6.07, 6.45) is 1.42. The maximum atomic E-state index is 12.0. The summed E-state index contributed by atoms with van der Waals surface area (Å²) in [4.78, 5) is 16.5. The number of anilines is 1. The van der Waals surface area contributed by atoms with Gasteiger partial charge in [-0.3, -0.25) is 10.1 Å². The van der Waals surface area contributed by atoms with Crippen molar-refractivity contribution in [1.29, 1.82) is 0 Å². The molecule has 1 aromatic carbocycles. The minimum absolute atomic E-state index is 0.0886. The van der Waals surface area contributed by atoms with E-state index in [0.29, 0.717) is 11.7 Å². The third-order valence-corrected chi connectivity index (χ3v) is 4.38. The normalized spacial score (nSPS) is 17.9. The largest absolute Gasteiger partial charge is 0.368 e. The van der Waals surface area contributed by atoms with Gasteiger partial charge in [-0.1, -0.05) is 17.7 Å². The number of aryl methyl sites for hydroxylation is 2. The Balaban J connectivity index is 1.77. The lowest BCUT2D eigenvalue weighted by molar-refractivity contribution is -0.124. The van der Waals surface area contributed by atoms with Crippen molar-refractivity contribution >= 4 is 22.4 Å². The molecule has 1 aromatic heterocycles. The van der Waals surface area contributed by atoms with Crippen LogP contribution in [0.2, 0.25) is 0 Å². The van der Waals surface area contributed by atoms with Gasteiger partial charge in [0.25, 0.3) is 5.91 Å². The average molecular weight is 302 g/mol. The molecule has 5 heteroatoms. The van der Waals surface area contributed by atoms with Crippen LogP contribution in [0.1, 0.15) is 24.0 Å². The Morgan fingerprint density at radius 3 is 3.05 bits per heavy atom. The minimum Gasteiger partial charge on any atom is -0.368 e. The molecule has 110 valence electrons. The van der Waals surface area contributed by atoms with Gasteiger partial charge in [0.15, 0.2) is 5.13 Å². The molecular formula is C16H18N2O2S. The van der Waals surface area contributed by atoms with E-state index in [-0.39, 0.29) is 12.0 Å². The zero-order valence-corrected chi connectivity index (χ0v) is 13.0. The first-order valence-corrected chi connectivity index (χ1v) is 7.97. The minimum atomic E-state index is -0.321. The fourth-order valence-electron chi connectivity index (χ4n) is 2.44. The Labute approximate surface area is 128 Å². The Morgan fingerprint density at radius 1 is 1.43 bits per heavy atom. The van der Waals surface area contributed by atoms with Gasteiger partial charge < -0.3 is 4.74 Å². The zero-order chi connectivity index (χ0) is 14.8. The predicted molar refractivity (Wildman–Crippen MR) is 84.6 cm³/mol. The lowest BCUT2D eigenvalue weighted by atomic mass is 10.0. The van der Waals surface area contributed by atoms with E-state index in [0.717, 1.165) is 24.1 Å². The van der Waals surface area contributed by atoms with Gasteiger partial charge in [0.2, 0.25) is 0 Å². The van der Waals surface area contributed by atoms with E-state index in [1.807, 2.05) is 5.38 Å². The number of rotatable bonds is 3. The molecule has 4 nitrogen and oxygen atoms in total. The molecule has 1 aliphatic rings. The molecule has 0 bridgehead atoms. The standard InChI is InChI=1S/C16H18N2O2S/c1-10-5-6-11(2)12(8-10)13-9-21-16(17-13)18-15(19)14-4-3-7-20-14/h5-6,8-9,14H,3-4,7H2,1-2H3,(H,17,18,19)/t14-/m1/s1. The summed E-state index contributed by atoms with van der Waals surface area (Å²) in [5, 5.41) is 5.46. The number of amides is 1. The summed E-state index contributed by atoms with van der Waals surface area (Å²) < 4.78 is 5.38. The first-order chi connectivity index (χ1) is 10.1. The van der Waals surface area contributed by atoms with Gasteiger partial charge in [-0.05, 0) is 38.3 Å². The first-order valence-electron chi connectivity index (χ1n) is 7.09. The Hall–Kier alpha value is -1.72. The lowest BCUT2D eigenvalue weighted by Crippen LogP contribution is -2.26. The molecule has 2 aromatic rings. The fourth-order valence-corrected chi connectivity index (χ4v) is 3.15. The van der Waals surface area contributed by atoms with E-state index in [4.69, 9.17) is 4.74 Å². The van der Waals surface area contributed by atoms with E-state index in [1.165, 1.54) is 22.5 Å². The van der Waals surface area contributed by atoms with Crippen LogP contribution < -0.4 is 5.32 Å². The number of ether oxygens (including phenoxy) is 1. The zero-order valence-electron chi connectivity index (χ0n) is 12.2. The summed E-state index contributed by atoms with van der Waals surface area (Å²) in [5.41, 5.74) is 4.41. The van der Waals surface area contributed by atoms with Crippen molar-refractivity contribution in [1.82, 2.24) is 4.98 Å². The summed E-state index contributed by atoms with van der Waals surface area (Å²) >= 11 is 1.45.